The van der Waals surface area contributed by atoms with Crippen LogP contribution in [-0.4, -0.2) is 181 Å². The van der Waals surface area contributed by atoms with Gasteiger partial charge in [-0.05, 0) is 60.8 Å². The van der Waals surface area contributed by atoms with Gasteiger partial charge in [-0.3, -0.25) is 53.0 Å². The fourth-order valence-electron chi connectivity index (χ4n) is 10.3. The van der Waals surface area contributed by atoms with Gasteiger partial charge in [-0.15, -0.1) is 0 Å². The second kappa shape index (κ2) is 33.7. The summed E-state index contributed by atoms with van der Waals surface area (Å²) in [5, 5.41) is 24.5. The van der Waals surface area contributed by atoms with Crippen LogP contribution in [0, 0.1) is 23.7 Å². The SMILES string of the molecule is CC[C@H](C)[C@@H]([C@@H](CC(=O)N1CC=C[C@H]1[C@H](OC)[C@@H](C)C(=O)N[C@H](C)[C@@H](O)c1ccccc1)OC)N(C)C(=O)CNC(=O)[C@H](C(C)C)N(C)C(=O)OCc1ccc(NC(=O)CNC(=O)[C@@H](NC(=O)CCCCCN2C(=O)C=CC2=O)C(C)C)cc1. The summed E-state index contributed by atoms with van der Waals surface area (Å²) >= 11 is 0. The maximum atomic E-state index is 14.2. The predicted molar refractivity (Wildman–Crippen MR) is 314 cm³/mol. The number of imide groups is 1. The van der Waals surface area contributed by atoms with Gasteiger partial charge in [0.05, 0.1) is 61.9 Å². The van der Waals surface area contributed by atoms with Gasteiger partial charge in [0.15, 0.2) is 0 Å². The number of hydrogen-bond donors (Lipinski definition) is 6. The summed E-state index contributed by atoms with van der Waals surface area (Å²) < 4.78 is 17.4. The molecule has 2 aliphatic heterocycles. The molecule has 0 radical (unpaired) electrons. The lowest BCUT2D eigenvalue weighted by Crippen LogP contribution is -2.56. The number of aliphatic hydroxyl groups is 1. The highest BCUT2D eigenvalue weighted by atomic mass is 16.6. The summed E-state index contributed by atoms with van der Waals surface area (Å²) in [6.45, 7) is 13.9. The number of benzene rings is 2. The predicted octanol–water partition coefficient (Wildman–Crippen LogP) is 4.01. The van der Waals surface area contributed by atoms with Gasteiger partial charge in [0.25, 0.3) is 11.8 Å². The first-order valence-electron chi connectivity index (χ1n) is 28.8. The second-order valence-electron chi connectivity index (χ2n) is 22.3. The molecule has 0 bridgehead atoms. The highest BCUT2D eigenvalue weighted by Gasteiger charge is 2.41. The molecular formula is C61H89N9O14. The monoisotopic (exact) mass is 1170 g/mol. The zero-order chi connectivity index (χ0) is 62.4. The van der Waals surface area contributed by atoms with Crippen LogP contribution in [0.1, 0.15) is 111 Å². The van der Waals surface area contributed by atoms with Crippen LogP contribution in [-0.2, 0) is 64.0 Å². The molecule has 0 saturated heterocycles. The largest absolute Gasteiger partial charge is 0.445 e. The molecule has 23 nitrogen and oxygen atoms in total. The number of aliphatic hydroxyl groups excluding tert-OH is 1. The van der Waals surface area contributed by atoms with Crippen LogP contribution in [0.4, 0.5) is 10.5 Å². The smallest absolute Gasteiger partial charge is 0.410 e. The van der Waals surface area contributed by atoms with Crippen molar-refractivity contribution in [3.63, 3.8) is 0 Å². The summed E-state index contributed by atoms with van der Waals surface area (Å²) in [7, 11) is 5.97. The van der Waals surface area contributed by atoms with Crippen LogP contribution in [0.2, 0.25) is 0 Å². The van der Waals surface area contributed by atoms with E-state index < -0.39 is 96.6 Å². The minimum absolute atomic E-state index is 0.111. The normalized spacial score (nSPS) is 17.1. The Morgan fingerprint density at radius 3 is 1.98 bits per heavy atom. The lowest BCUT2D eigenvalue weighted by molar-refractivity contribution is -0.145. The van der Waals surface area contributed by atoms with E-state index in [0.29, 0.717) is 42.5 Å². The minimum atomic E-state index is -1.03. The molecule has 0 aliphatic carbocycles. The fourth-order valence-corrected chi connectivity index (χ4v) is 10.3. The number of nitrogens with zero attached hydrogens (tertiary/aromatic N) is 4. The lowest BCUT2D eigenvalue weighted by atomic mass is 9.90. The highest BCUT2D eigenvalue weighted by molar-refractivity contribution is 6.12. The number of hydrogen-bond acceptors (Lipinski definition) is 14. The van der Waals surface area contributed by atoms with E-state index in [0.717, 1.165) is 9.80 Å². The maximum Gasteiger partial charge on any atom is 0.410 e. The van der Waals surface area contributed by atoms with E-state index in [1.165, 1.54) is 38.3 Å². The molecule has 2 heterocycles. The van der Waals surface area contributed by atoms with Crippen LogP contribution >= 0.6 is 0 Å². The summed E-state index contributed by atoms with van der Waals surface area (Å²) in [6, 6.07) is 11.7. The number of ether oxygens (including phenoxy) is 3. The molecule has 0 aromatic heterocycles. The van der Waals surface area contributed by atoms with E-state index in [-0.39, 0.29) is 80.5 Å². The average molecular weight is 1170 g/mol. The third-order valence-electron chi connectivity index (χ3n) is 15.4. The molecule has 0 spiro atoms. The Bertz CT molecular complexity index is 2610. The van der Waals surface area contributed by atoms with Gasteiger partial charge in [0.2, 0.25) is 41.4 Å². The molecule has 0 saturated carbocycles. The number of methoxy groups -OCH3 is 2. The second-order valence-corrected chi connectivity index (χ2v) is 22.3. The van der Waals surface area contributed by atoms with Crippen LogP contribution in [0.5, 0.6) is 0 Å². The Morgan fingerprint density at radius 2 is 1.38 bits per heavy atom. The molecule has 2 aromatic rings. The number of nitrogens with one attached hydrogen (secondary N) is 5. The number of rotatable bonds is 33. The number of carbonyl (C=O) groups is 10. The van der Waals surface area contributed by atoms with Gasteiger partial charge in [-0.2, -0.15) is 0 Å². The van der Waals surface area contributed by atoms with E-state index in [1.54, 1.807) is 89.9 Å². The van der Waals surface area contributed by atoms with Gasteiger partial charge in [-0.1, -0.05) is 116 Å². The third-order valence-corrected chi connectivity index (χ3v) is 15.4. The Hall–Kier alpha value is -7.50. The van der Waals surface area contributed by atoms with E-state index in [1.807, 2.05) is 44.2 Å². The Morgan fingerprint density at radius 1 is 0.738 bits per heavy atom. The summed E-state index contributed by atoms with van der Waals surface area (Å²) in [6.07, 6.45) is 5.15. The zero-order valence-corrected chi connectivity index (χ0v) is 50.8. The van der Waals surface area contributed by atoms with Crippen molar-refractivity contribution in [3.05, 3.63) is 90.0 Å². The molecule has 84 heavy (non-hydrogen) atoms. The van der Waals surface area contributed by atoms with Gasteiger partial charge in [0, 0.05) is 65.7 Å². The molecule has 462 valence electrons. The van der Waals surface area contributed by atoms with Gasteiger partial charge < -0.3 is 55.7 Å². The minimum Gasteiger partial charge on any atom is -0.445 e. The third kappa shape index (κ3) is 19.8. The van der Waals surface area contributed by atoms with E-state index in [9.17, 15) is 53.1 Å². The van der Waals surface area contributed by atoms with Crippen molar-refractivity contribution in [3.8, 4) is 0 Å². The van der Waals surface area contributed by atoms with Crippen molar-refractivity contribution in [2.45, 2.75) is 149 Å². The molecule has 2 aromatic carbocycles. The standard InChI is InChI=1S/C61H89N9O14/c1-13-39(6)55(46(82-11)33-51(75)69-32-20-23-45(69)57(83-12)40(7)58(78)64-41(8)56(77)43-21-16-14-17-22-43)67(9)52(76)35-63-60(80)54(38(4)5)68(10)61(81)84-36-42-25-27-44(28-26-42)65-48(72)34-62-59(79)53(37(2)3)66-47(71)24-18-15-19-31-70-49(73)29-30-50(70)74/h14,16-17,20-23,25-30,37-41,45-46,53-57,77H,13,15,18-19,24,31-36H2,1-12H3,(H,62,79)(H,63,80)(H,64,78)(H,65,72)(H,66,71)/t39-,40+,41+,45-,46+,53-,54-,55-,56+,57+/m0/s1. The number of anilines is 1. The molecule has 2 aliphatic rings. The van der Waals surface area contributed by atoms with Crippen molar-refractivity contribution >= 4 is 64.9 Å². The van der Waals surface area contributed by atoms with Crippen molar-refractivity contribution in [2.24, 2.45) is 23.7 Å². The van der Waals surface area contributed by atoms with Gasteiger partial charge in [0.1, 0.15) is 18.7 Å². The molecule has 0 unspecified atom stereocenters. The Balaban J connectivity index is 1.25. The highest BCUT2D eigenvalue weighted by Crippen LogP contribution is 2.28. The lowest BCUT2D eigenvalue weighted by Gasteiger charge is -2.39. The van der Waals surface area contributed by atoms with Gasteiger partial charge >= 0.3 is 6.09 Å². The number of amides is 10. The average Bonchev–Trinajstić information content (AvgIpc) is 4.24. The topological polar surface area (TPSA) is 292 Å². The molecular weight excluding hydrogens is 1080 g/mol. The van der Waals surface area contributed by atoms with Gasteiger partial charge in [-0.25, -0.2) is 4.79 Å². The van der Waals surface area contributed by atoms with Crippen molar-refractivity contribution < 1.29 is 67.3 Å². The maximum absolute atomic E-state index is 14.2. The number of unbranched alkanes of at least 4 members (excludes halogenated alkanes) is 2. The molecule has 0 fully saturated rings. The summed E-state index contributed by atoms with van der Waals surface area (Å²) in [5.41, 5.74) is 1.63. The zero-order valence-electron chi connectivity index (χ0n) is 50.8. The van der Waals surface area contributed by atoms with E-state index >= 15 is 0 Å². The Kier molecular flexibility index (Phi) is 27.7. The first-order valence-corrected chi connectivity index (χ1v) is 28.8. The van der Waals surface area contributed by atoms with Crippen LogP contribution in [0.25, 0.3) is 0 Å². The van der Waals surface area contributed by atoms with Crippen molar-refractivity contribution in [1.29, 1.82) is 0 Å². The molecule has 10 amide bonds. The summed E-state index contributed by atoms with van der Waals surface area (Å²) in [5.74, 6) is -5.36. The Labute approximate surface area is 494 Å². The van der Waals surface area contributed by atoms with Crippen molar-refractivity contribution in [2.75, 3.05) is 59.8 Å². The molecule has 4 rings (SSSR count). The molecule has 23 heteroatoms. The van der Waals surface area contributed by atoms with E-state index in [4.69, 9.17) is 14.2 Å². The fraction of sp³-hybridized carbons (Fsp3) is 0.574. The van der Waals surface area contributed by atoms with Crippen LogP contribution in [0.3, 0.4) is 0 Å². The first-order chi connectivity index (χ1) is 39.8. The van der Waals surface area contributed by atoms with Crippen LogP contribution < -0.4 is 26.6 Å². The first kappa shape index (κ1) is 69.0. The van der Waals surface area contributed by atoms with E-state index in [2.05, 4.69) is 26.6 Å². The quantitative estimate of drug-likeness (QED) is 0.0335. The van der Waals surface area contributed by atoms with Crippen molar-refractivity contribution in [1.82, 2.24) is 40.9 Å². The van der Waals surface area contributed by atoms with Crippen LogP contribution in [0.15, 0.2) is 78.9 Å². The molecule has 10 atom stereocenters. The number of likely N-dealkylation sites (N-methyl/N-ethyl adjacent to an activating group) is 2. The number of carbonyl (C=O) groups excluding carboxylic acids is 10. The summed E-state index contributed by atoms with van der Waals surface area (Å²) in [4.78, 5) is 136. The molecule has 6 N–H and O–H groups in total.